The molecule has 5 nitrogen and oxygen atoms in total. The zero-order chi connectivity index (χ0) is 12.8. The summed E-state index contributed by atoms with van der Waals surface area (Å²) in [6, 6.07) is 6.69. The molecule has 2 N–H and O–H groups in total. The molecule has 0 amide bonds. The molecule has 0 bridgehead atoms. The summed E-state index contributed by atoms with van der Waals surface area (Å²) < 4.78 is 7.09. The lowest BCUT2D eigenvalue weighted by atomic mass is 10.2. The van der Waals surface area contributed by atoms with Gasteiger partial charge in [-0.05, 0) is 30.7 Å². The van der Waals surface area contributed by atoms with Gasteiger partial charge in [0.1, 0.15) is 0 Å². The van der Waals surface area contributed by atoms with Crippen LogP contribution in [-0.2, 0) is 11.3 Å². The summed E-state index contributed by atoms with van der Waals surface area (Å²) in [5.74, 6) is -0.319. The Morgan fingerprint density at radius 3 is 2.78 bits per heavy atom. The van der Waals surface area contributed by atoms with Crippen LogP contribution in [0.1, 0.15) is 16.8 Å². The first-order valence-corrected chi connectivity index (χ1v) is 5.74. The fourth-order valence-corrected chi connectivity index (χ4v) is 1.53. The zero-order valence-electron chi connectivity index (χ0n) is 9.95. The van der Waals surface area contributed by atoms with Crippen molar-refractivity contribution in [2.45, 2.75) is 13.0 Å². The number of hydrogen-bond acceptors (Lipinski definition) is 4. The smallest absolute Gasteiger partial charge is 0.338 e. The van der Waals surface area contributed by atoms with Crippen LogP contribution in [0.15, 0.2) is 43.0 Å². The average Bonchev–Trinajstić information content (AvgIpc) is 2.88. The number of aromatic nitrogens is 2. The molecule has 1 heterocycles. The van der Waals surface area contributed by atoms with Crippen molar-refractivity contribution in [2.24, 2.45) is 0 Å². The molecule has 18 heavy (non-hydrogen) atoms. The molecule has 0 aliphatic carbocycles. The Balaban J connectivity index is 1.73. The Morgan fingerprint density at radius 2 is 2.11 bits per heavy atom. The van der Waals surface area contributed by atoms with E-state index in [1.54, 1.807) is 36.8 Å². The number of benzene rings is 1. The molecule has 0 atom stereocenters. The average molecular weight is 245 g/mol. The monoisotopic (exact) mass is 245 g/mol. The number of carbonyl (C=O) groups excluding carboxylic acids is 1. The van der Waals surface area contributed by atoms with Crippen molar-refractivity contribution in [3.63, 3.8) is 0 Å². The molecule has 0 fully saturated rings. The van der Waals surface area contributed by atoms with Crippen LogP contribution in [0.5, 0.6) is 0 Å². The molecule has 0 saturated carbocycles. The van der Waals surface area contributed by atoms with Gasteiger partial charge in [0.15, 0.2) is 0 Å². The highest BCUT2D eigenvalue weighted by atomic mass is 16.5. The summed E-state index contributed by atoms with van der Waals surface area (Å²) in [5.41, 5.74) is 6.69. The molecule has 1 aromatic carbocycles. The van der Waals surface area contributed by atoms with E-state index in [2.05, 4.69) is 4.98 Å². The molecule has 0 radical (unpaired) electrons. The van der Waals surface area contributed by atoms with Crippen LogP contribution in [0.2, 0.25) is 0 Å². The lowest BCUT2D eigenvalue weighted by Gasteiger charge is -2.05. The molecule has 0 aliphatic rings. The fraction of sp³-hybridized carbons (Fsp3) is 0.231. The lowest BCUT2D eigenvalue weighted by molar-refractivity contribution is 0.0496. The second-order valence-electron chi connectivity index (χ2n) is 3.91. The van der Waals surface area contributed by atoms with Crippen LogP contribution in [0.4, 0.5) is 5.69 Å². The first kappa shape index (κ1) is 12.2. The summed E-state index contributed by atoms with van der Waals surface area (Å²) in [5, 5.41) is 0. The quantitative estimate of drug-likeness (QED) is 0.494. The fourth-order valence-electron chi connectivity index (χ4n) is 1.53. The van der Waals surface area contributed by atoms with Gasteiger partial charge in [0.25, 0.3) is 0 Å². The van der Waals surface area contributed by atoms with Crippen LogP contribution in [0.3, 0.4) is 0 Å². The number of imidazole rings is 1. The van der Waals surface area contributed by atoms with Crippen molar-refractivity contribution in [1.82, 2.24) is 9.55 Å². The van der Waals surface area contributed by atoms with Gasteiger partial charge in [0, 0.05) is 24.6 Å². The van der Waals surface area contributed by atoms with Gasteiger partial charge in [-0.25, -0.2) is 9.78 Å². The highest BCUT2D eigenvalue weighted by Gasteiger charge is 2.05. The first-order valence-electron chi connectivity index (χ1n) is 5.74. The molecule has 2 rings (SSSR count). The van der Waals surface area contributed by atoms with Crippen LogP contribution < -0.4 is 5.73 Å². The summed E-state index contributed by atoms with van der Waals surface area (Å²) >= 11 is 0. The van der Waals surface area contributed by atoms with Gasteiger partial charge < -0.3 is 15.0 Å². The van der Waals surface area contributed by atoms with Gasteiger partial charge in [-0.15, -0.1) is 0 Å². The number of carbonyl (C=O) groups is 1. The Bertz CT molecular complexity index is 491. The van der Waals surface area contributed by atoms with Crippen LogP contribution in [0.25, 0.3) is 0 Å². The van der Waals surface area contributed by atoms with Gasteiger partial charge in [-0.2, -0.15) is 0 Å². The zero-order valence-corrected chi connectivity index (χ0v) is 9.95. The topological polar surface area (TPSA) is 70.1 Å². The van der Waals surface area contributed by atoms with Gasteiger partial charge in [-0.1, -0.05) is 0 Å². The van der Waals surface area contributed by atoms with E-state index in [1.807, 2.05) is 10.8 Å². The maximum absolute atomic E-state index is 11.6. The molecule has 5 heteroatoms. The van der Waals surface area contributed by atoms with E-state index in [0.717, 1.165) is 13.0 Å². The Kier molecular flexibility index (Phi) is 3.96. The van der Waals surface area contributed by atoms with Crippen LogP contribution >= 0.6 is 0 Å². The molecule has 0 aliphatic heterocycles. The minimum absolute atomic E-state index is 0.319. The number of ether oxygens (including phenoxy) is 1. The number of nitrogen functional groups attached to an aromatic ring is 1. The number of nitrogens with two attached hydrogens (primary N) is 1. The van der Waals surface area contributed by atoms with E-state index in [9.17, 15) is 4.79 Å². The minimum Gasteiger partial charge on any atom is -0.462 e. The van der Waals surface area contributed by atoms with E-state index < -0.39 is 0 Å². The van der Waals surface area contributed by atoms with Crippen molar-refractivity contribution in [3.05, 3.63) is 48.5 Å². The summed E-state index contributed by atoms with van der Waals surface area (Å²) in [6.45, 7) is 1.18. The predicted octanol–water partition coefficient (Wildman–Crippen LogP) is 1.71. The SMILES string of the molecule is Nc1ccc(C(=O)OCCCn2ccnc2)cc1. The number of hydrogen-bond donors (Lipinski definition) is 1. The Labute approximate surface area is 105 Å². The van der Waals surface area contributed by atoms with E-state index in [0.29, 0.717) is 17.9 Å². The largest absolute Gasteiger partial charge is 0.462 e. The third kappa shape index (κ3) is 3.35. The molecule has 1 aromatic heterocycles. The number of nitrogens with zero attached hydrogens (tertiary/aromatic N) is 2. The van der Waals surface area contributed by atoms with Crippen molar-refractivity contribution >= 4 is 11.7 Å². The Hall–Kier alpha value is -2.30. The van der Waals surface area contributed by atoms with Crippen molar-refractivity contribution in [1.29, 1.82) is 0 Å². The molecule has 94 valence electrons. The molecule has 0 spiro atoms. The Morgan fingerprint density at radius 1 is 1.33 bits per heavy atom. The third-order valence-corrected chi connectivity index (χ3v) is 2.50. The van der Waals surface area contributed by atoms with Gasteiger partial charge >= 0.3 is 5.97 Å². The normalized spacial score (nSPS) is 10.2. The first-order chi connectivity index (χ1) is 8.75. The molecular weight excluding hydrogens is 230 g/mol. The number of aryl methyl sites for hydroxylation is 1. The molecule has 2 aromatic rings. The van der Waals surface area contributed by atoms with E-state index in [4.69, 9.17) is 10.5 Å². The van der Waals surface area contributed by atoms with Crippen LogP contribution in [0, 0.1) is 0 Å². The van der Waals surface area contributed by atoms with Crippen molar-refractivity contribution in [3.8, 4) is 0 Å². The summed E-state index contributed by atoms with van der Waals surface area (Å²) in [6.07, 6.45) is 6.10. The highest BCUT2D eigenvalue weighted by Crippen LogP contribution is 2.07. The maximum Gasteiger partial charge on any atom is 0.338 e. The van der Waals surface area contributed by atoms with Crippen molar-refractivity contribution < 1.29 is 9.53 Å². The van der Waals surface area contributed by atoms with Gasteiger partial charge in [0.05, 0.1) is 18.5 Å². The molecule has 0 unspecified atom stereocenters. The molecular formula is C13H15N3O2. The minimum atomic E-state index is -0.319. The van der Waals surface area contributed by atoms with Gasteiger partial charge in [0.2, 0.25) is 0 Å². The van der Waals surface area contributed by atoms with E-state index in [-0.39, 0.29) is 5.97 Å². The number of rotatable bonds is 5. The number of esters is 1. The van der Waals surface area contributed by atoms with Crippen LogP contribution in [-0.4, -0.2) is 22.1 Å². The van der Waals surface area contributed by atoms with E-state index >= 15 is 0 Å². The van der Waals surface area contributed by atoms with Crippen molar-refractivity contribution in [2.75, 3.05) is 12.3 Å². The van der Waals surface area contributed by atoms with E-state index in [1.165, 1.54) is 0 Å². The summed E-state index contributed by atoms with van der Waals surface area (Å²) in [4.78, 5) is 15.6. The predicted molar refractivity (Wildman–Crippen MR) is 68.0 cm³/mol. The maximum atomic E-state index is 11.6. The highest BCUT2D eigenvalue weighted by molar-refractivity contribution is 5.89. The molecule has 0 saturated heterocycles. The lowest BCUT2D eigenvalue weighted by Crippen LogP contribution is -2.08. The second kappa shape index (κ2) is 5.86. The number of anilines is 1. The third-order valence-electron chi connectivity index (χ3n) is 2.50. The standard InChI is InChI=1S/C13H15N3O2/c14-12-4-2-11(3-5-12)13(17)18-9-1-7-16-8-6-15-10-16/h2-6,8,10H,1,7,9,14H2. The second-order valence-corrected chi connectivity index (χ2v) is 3.91. The summed E-state index contributed by atoms with van der Waals surface area (Å²) in [7, 11) is 0. The van der Waals surface area contributed by atoms with Gasteiger partial charge in [-0.3, -0.25) is 0 Å².